The molecule has 1 amide bonds. The van der Waals surface area contributed by atoms with E-state index in [0.29, 0.717) is 17.2 Å². The van der Waals surface area contributed by atoms with Crippen molar-refractivity contribution in [3.05, 3.63) is 71.1 Å². The Labute approximate surface area is 157 Å². The average molecular weight is 367 g/mol. The van der Waals surface area contributed by atoms with Crippen molar-refractivity contribution in [2.45, 2.75) is 6.54 Å². The summed E-state index contributed by atoms with van der Waals surface area (Å²) in [5.74, 6) is 1.36. The fourth-order valence-corrected chi connectivity index (χ4v) is 3.80. The molecule has 0 spiro atoms. The number of hydrogen-bond donors (Lipinski definition) is 0. The van der Waals surface area contributed by atoms with Gasteiger partial charge in [0.1, 0.15) is 16.4 Å². The van der Waals surface area contributed by atoms with Crippen LogP contribution in [0, 0.1) is 0 Å². The van der Waals surface area contributed by atoms with Crippen LogP contribution < -0.4 is 9.47 Å². The highest BCUT2D eigenvalue weighted by atomic mass is 32.1. The van der Waals surface area contributed by atoms with Crippen LogP contribution >= 0.6 is 11.3 Å². The number of thiophene rings is 1. The number of hydrogen-bond acceptors (Lipinski definition) is 4. The number of nitrogens with zero attached hydrogens (tertiary/aromatic N) is 1. The smallest absolute Gasteiger partial charge is 0.267 e. The number of rotatable bonds is 6. The third-order valence-electron chi connectivity index (χ3n) is 4.10. The second-order valence-electron chi connectivity index (χ2n) is 5.88. The van der Waals surface area contributed by atoms with Crippen LogP contribution in [0.2, 0.25) is 0 Å². The quantitative estimate of drug-likeness (QED) is 0.634. The first-order chi connectivity index (χ1) is 12.6. The molecule has 0 aliphatic rings. The van der Waals surface area contributed by atoms with Crippen LogP contribution in [0.4, 0.5) is 0 Å². The Bertz CT molecular complexity index is 872. The van der Waals surface area contributed by atoms with E-state index in [1.54, 1.807) is 26.2 Å². The van der Waals surface area contributed by atoms with Gasteiger partial charge in [0.15, 0.2) is 0 Å². The Morgan fingerprint density at radius 2 is 1.69 bits per heavy atom. The van der Waals surface area contributed by atoms with Crippen LogP contribution in [0.5, 0.6) is 11.5 Å². The summed E-state index contributed by atoms with van der Waals surface area (Å²) in [6.45, 7) is 0.518. The summed E-state index contributed by atoms with van der Waals surface area (Å²) >= 11 is 1.45. The van der Waals surface area contributed by atoms with Gasteiger partial charge in [0.25, 0.3) is 5.91 Å². The molecule has 0 radical (unpaired) electrons. The predicted molar refractivity (Wildman–Crippen MR) is 105 cm³/mol. The van der Waals surface area contributed by atoms with E-state index >= 15 is 0 Å². The lowest BCUT2D eigenvalue weighted by molar-refractivity contribution is 0.0787. The largest absolute Gasteiger partial charge is 0.497 e. The Kier molecular flexibility index (Phi) is 5.58. The number of ether oxygens (including phenoxy) is 2. The highest BCUT2D eigenvalue weighted by Gasteiger charge is 2.21. The summed E-state index contributed by atoms with van der Waals surface area (Å²) in [7, 11) is 5.03. The molecule has 1 heterocycles. The van der Waals surface area contributed by atoms with Crippen molar-refractivity contribution in [1.29, 1.82) is 0 Å². The van der Waals surface area contributed by atoms with Gasteiger partial charge < -0.3 is 14.4 Å². The highest BCUT2D eigenvalue weighted by molar-refractivity contribution is 7.17. The molecule has 0 aliphatic carbocycles. The molecule has 0 fully saturated rings. The molecule has 2 aromatic carbocycles. The van der Waals surface area contributed by atoms with Gasteiger partial charge >= 0.3 is 0 Å². The maximum Gasteiger partial charge on any atom is 0.267 e. The van der Waals surface area contributed by atoms with Gasteiger partial charge in [-0.2, -0.15) is 0 Å². The molecular weight excluding hydrogens is 346 g/mol. The minimum Gasteiger partial charge on any atom is -0.497 e. The van der Waals surface area contributed by atoms with E-state index in [0.717, 1.165) is 21.8 Å². The Morgan fingerprint density at radius 1 is 1.00 bits per heavy atom. The predicted octanol–water partition coefficient (Wildman–Crippen LogP) is 4.70. The molecular formula is C21H21NO3S. The van der Waals surface area contributed by atoms with Crippen molar-refractivity contribution < 1.29 is 14.3 Å². The van der Waals surface area contributed by atoms with Crippen molar-refractivity contribution in [2.24, 2.45) is 0 Å². The van der Waals surface area contributed by atoms with Gasteiger partial charge in [-0.3, -0.25) is 4.79 Å². The maximum atomic E-state index is 12.9. The Hall–Kier alpha value is -2.79. The minimum atomic E-state index is -0.0511. The van der Waals surface area contributed by atoms with Crippen LogP contribution in [-0.4, -0.2) is 32.1 Å². The summed E-state index contributed by atoms with van der Waals surface area (Å²) in [6.07, 6.45) is 0. The molecule has 0 N–H and O–H groups in total. The van der Waals surface area contributed by atoms with E-state index in [-0.39, 0.29) is 5.91 Å². The Morgan fingerprint density at radius 3 is 2.31 bits per heavy atom. The number of carbonyl (C=O) groups is 1. The van der Waals surface area contributed by atoms with Crippen LogP contribution in [0.15, 0.2) is 60.7 Å². The molecule has 3 aromatic rings. The first-order valence-corrected chi connectivity index (χ1v) is 9.05. The van der Waals surface area contributed by atoms with Gasteiger partial charge in [0.05, 0.1) is 14.2 Å². The lowest BCUT2D eigenvalue weighted by atomic mass is 10.2. The third-order valence-corrected chi connectivity index (χ3v) is 5.25. The zero-order valence-corrected chi connectivity index (χ0v) is 15.9. The molecule has 0 bridgehead atoms. The highest BCUT2D eigenvalue weighted by Crippen LogP contribution is 2.36. The van der Waals surface area contributed by atoms with Crippen molar-refractivity contribution in [1.82, 2.24) is 4.90 Å². The fraction of sp³-hybridized carbons (Fsp3) is 0.190. The second kappa shape index (κ2) is 8.06. The van der Waals surface area contributed by atoms with Crippen molar-refractivity contribution >= 4 is 17.2 Å². The monoisotopic (exact) mass is 367 g/mol. The minimum absolute atomic E-state index is 0.0511. The van der Waals surface area contributed by atoms with E-state index in [2.05, 4.69) is 0 Å². The van der Waals surface area contributed by atoms with Gasteiger partial charge in [-0.1, -0.05) is 42.5 Å². The molecule has 26 heavy (non-hydrogen) atoms. The molecule has 4 nitrogen and oxygen atoms in total. The lowest BCUT2D eigenvalue weighted by Crippen LogP contribution is -2.25. The SMILES string of the molecule is COc1ccc(CN(C)C(=O)c2sc(-c3ccccc3)cc2OC)cc1. The van der Waals surface area contributed by atoms with Crippen LogP contribution in [-0.2, 0) is 6.54 Å². The van der Waals surface area contributed by atoms with E-state index in [9.17, 15) is 4.79 Å². The molecule has 0 unspecified atom stereocenters. The lowest BCUT2D eigenvalue weighted by Gasteiger charge is -2.17. The van der Waals surface area contributed by atoms with E-state index in [1.165, 1.54) is 11.3 Å². The topological polar surface area (TPSA) is 38.8 Å². The van der Waals surface area contributed by atoms with Gasteiger partial charge in [0, 0.05) is 18.5 Å². The molecule has 134 valence electrons. The number of methoxy groups -OCH3 is 2. The molecule has 3 rings (SSSR count). The average Bonchev–Trinajstić information content (AvgIpc) is 3.13. The van der Waals surface area contributed by atoms with Crippen molar-refractivity contribution in [3.63, 3.8) is 0 Å². The van der Waals surface area contributed by atoms with E-state index < -0.39 is 0 Å². The number of benzene rings is 2. The molecule has 1 aromatic heterocycles. The normalized spacial score (nSPS) is 10.4. The summed E-state index contributed by atoms with van der Waals surface area (Å²) < 4.78 is 10.6. The maximum absolute atomic E-state index is 12.9. The van der Waals surface area contributed by atoms with Crippen LogP contribution in [0.1, 0.15) is 15.2 Å². The molecule has 0 saturated heterocycles. The van der Waals surface area contributed by atoms with Crippen molar-refractivity contribution in [3.8, 4) is 21.9 Å². The van der Waals surface area contributed by atoms with E-state index in [4.69, 9.17) is 9.47 Å². The molecule has 0 aliphatic heterocycles. The molecule has 0 saturated carbocycles. The van der Waals surface area contributed by atoms with Gasteiger partial charge in [-0.25, -0.2) is 0 Å². The number of carbonyl (C=O) groups excluding carboxylic acids is 1. The molecule has 0 atom stereocenters. The zero-order valence-electron chi connectivity index (χ0n) is 15.1. The first-order valence-electron chi connectivity index (χ1n) is 8.24. The Balaban J connectivity index is 1.80. The van der Waals surface area contributed by atoms with Gasteiger partial charge in [-0.15, -0.1) is 11.3 Å². The zero-order chi connectivity index (χ0) is 18.5. The standard InChI is InChI=1S/C21H21NO3S/c1-22(14-15-9-11-17(24-2)12-10-15)21(23)20-18(25-3)13-19(26-20)16-7-5-4-6-8-16/h4-13H,14H2,1-3H3. The fourth-order valence-electron chi connectivity index (χ4n) is 2.67. The van der Waals surface area contributed by atoms with E-state index in [1.807, 2.05) is 60.7 Å². The van der Waals surface area contributed by atoms with Crippen molar-refractivity contribution in [2.75, 3.05) is 21.3 Å². The van der Waals surface area contributed by atoms with Gasteiger partial charge in [-0.05, 0) is 29.3 Å². The number of amides is 1. The summed E-state index contributed by atoms with van der Waals surface area (Å²) in [5.41, 5.74) is 2.12. The summed E-state index contributed by atoms with van der Waals surface area (Å²) in [6, 6.07) is 19.6. The van der Waals surface area contributed by atoms with Crippen LogP contribution in [0.25, 0.3) is 10.4 Å². The summed E-state index contributed by atoms with van der Waals surface area (Å²) in [4.78, 5) is 16.3. The summed E-state index contributed by atoms with van der Waals surface area (Å²) in [5, 5.41) is 0. The second-order valence-corrected chi connectivity index (χ2v) is 6.94. The van der Waals surface area contributed by atoms with Crippen LogP contribution in [0.3, 0.4) is 0 Å². The first kappa shape index (κ1) is 18.0. The van der Waals surface area contributed by atoms with Gasteiger partial charge in [0.2, 0.25) is 0 Å². The molecule has 5 heteroatoms. The third kappa shape index (κ3) is 3.89.